The van der Waals surface area contributed by atoms with E-state index in [9.17, 15) is 13.2 Å². The lowest BCUT2D eigenvalue weighted by Crippen LogP contribution is -2.20. The molecule has 5 nitrogen and oxygen atoms in total. The van der Waals surface area contributed by atoms with Crippen molar-refractivity contribution in [1.29, 1.82) is 0 Å². The molecule has 0 amide bonds. The molecule has 0 radical (unpaired) electrons. The van der Waals surface area contributed by atoms with Gasteiger partial charge in [0.1, 0.15) is 11.3 Å². The van der Waals surface area contributed by atoms with Crippen molar-refractivity contribution in [3.63, 3.8) is 0 Å². The van der Waals surface area contributed by atoms with Crippen LogP contribution in [-0.4, -0.2) is 29.7 Å². The van der Waals surface area contributed by atoms with Crippen LogP contribution in [0.4, 0.5) is 24.7 Å². The van der Waals surface area contributed by atoms with Gasteiger partial charge in [0.2, 0.25) is 0 Å². The Morgan fingerprint density at radius 2 is 1.88 bits per heavy atom. The molecule has 0 aliphatic carbocycles. The summed E-state index contributed by atoms with van der Waals surface area (Å²) in [6.45, 7) is 5.68. The lowest BCUT2D eigenvalue weighted by atomic mass is 10.2. The van der Waals surface area contributed by atoms with E-state index >= 15 is 0 Å². The maximum atomic E-state index is 13.4. The summed E-state index contributed by atoms with van der Waals surface area (Å²) in [4.78, 5) is 8.97. The van der Waals surface area contributed by atoms with E-state index in [4.69, 9.17) is 9.47 Å². The van der Waals surface area contributed by atoms with Crippen LogP contribution in [0, 0.1) is 0 Å². The van der Waals surface area contributed by atoms with Gasteiger partial charge >= 0.3 is 12.2 Å². The minimum absolute atomic E-state index is 0.112. The predicted octanol–water partition coefficient (Wildman–Crippen LogP) is 4.45. The van der Waals surface area contributed by atoms with Crippen molar-refractivity contribution in [2.24, 2.45) is 0 Å². The molecule has 0 fully saturated rings. The summed E-state index contributed by atoms with van der Waals surface area (Å²) >= 11 is 0. The van der Waals surface area contributed by atoms with Crippen LogP contribution in [0.15, 0.2) is 30.5 Å². The highest BCUT2D eigenvalue weighted by molar-refractivity contribution is 5.68. The smallest absolute Gasteiger partial charge is 0.421 e. The van der Waals surface area contributed by atoms with E-state index in [0.29, 0.717) is 18.0 Å². The van der Waals surface area contributed by atoms with Crippen molar-refractivity contribution in [2.75, 3.05) is 18.6 Å². The van der Waals surface area contributed by atoms with E-state index in [0.717, 1.165) is 6.20 Å². The van der Waals surface area contributed by atoms with Crippen LogP contribution in [0.5, 0.6) is 11.8 Å². The third-order valence-electron chi connectivity index (χ3n) is 3.24. The van der Waals surface area contributed by atoms with E-state index in [1.807, 2.05) is 0 Å². The molecule has 0 saturated carbocycles. The fraction of sp³-hybridized carbons (Fsp3) is 0.412. The van der Waals surface area contributed by atoms with Gasteiger partial charge in [0.15, 0.2) is 5.82 Å². The molecule has 0 N–H and O–H groups in total. The second-order valence-corrected chi connectivity index (χ2v) is 5.51. The van der Waals surface area contributed by atoms with Crippen molar-refractivity contribution in [2.45, 2.75) is 33.1 Å². The van der Waals surface area contributed by atoms with E-state index in [2.05, 4.69) is 9.97 Å². The van der Waals surface area contributed by atoms with Crippen LogP contribution in [0.1, 0.15) is 26.3 Å². The second kappa shape index (κ2) is 7.58. The van der Waals surface area contributed by atoms with Gasteiger partial charge in [0.25, 0.3) is 0 Å². The van der Waals surface area contributed by atoms with Gasteiger partial charge in [-0.15, -0.1) is 0 Å². The van der Waals surface area contributed by atoms with Gasteiger partial charge in [0.05, 0.1) is 18.4 Å². The molecule has 0 atom stereocenters. The maximum Gasteiger partial charge on any atom is 0.421 e. The van der Waals surface area contributed by atoms with Crippen molar-refractivity contribution in [3.05, 3.63) is 36.0 Å². The fourth-order valence-corrected chi connectivity index (χ4v) is 2.21. The number of hydrogen-bond acceptors (Lipinski definition) is 5. The molecule has 0 bridgehead atoms. The lowest BCUT2D eigenvalue weighted by Gasteiger charge is -2.24. The number of para-hydroxylation sites is 2. The van der Waals surface area contributed by atoms with Gasteiger partial charge in [-0.1, -0.05) is 12.1 Å². The number of hydrogen-bond donors (Lipinski definition) is 0. The SMILES string of the molecule is CCOc1ccccc1N(C)c1nc(OC(C)C)ncc1C(F)(F)F. The van der Waals surface area contributed by atoms with Gasteiger partial charge in [-0.25, -0.2) is 4.98 Å². The van der Waals surface area contributed by atoms with Gasteiger partial charge in [-0.3, -0.25) is 0 Å². The average Bonchev–Trinajstić information content (AvgIpc) is 2.53. The molecule has 1 heterocycles. The summed E-state index contributed by atoms with van der Waals surface area (Å²) in [5.74, 6) is 0.163. The highest BCUT2D eigenvalue weighted by atomic mass is 19.4. The minimum atomic E-state index is -4.60. The minimum Gasteiger partial charge on any atom is -0.492 e. The van der Waals surface area contributed by atoms with Gasteiger partial charge in [-0.05, 0) is 32.9 Å². The van der Waals surface area contributed by atoms with Crippen LogP contribution in [-0.2, 0) is 6.18 Å². The Labute approximate surface area is 144 Å². The zero-order valence-corrected chi connectivity index (χ0v) is 14.5. The number of rotatable bonds is 6. The van der Waals surface area contributed by atoms with Crippen LogP contribution in [0.25, 0.3) is 0 Å². The van der Waals surface area contributed by atoms with E-state index in [-0.39, 0.29) is 17.9 Å². The molecular formula is C17H20F3N3O2. The van der Waals surface area contributed by atoms with Crippen molar-refractivity contribution in [3.8, 4) is 11.8 Å². The molecule has 0 spiro atoms. The second-order valence-electron chi connectivity index (χ2n) is 5.51. The molecule has 136 valence electrons. The summed E-state index contributed by atoms with van der Waals surface area (Å²) in [6, 6.07) is 6.71. The zero-order chi connectivity index (χ0) is 18.6. The van der Waals surface area contributed by atoms with Crippen molar-refractivity contribution in [1.82, 2.24) is 9.97 Å². The van der Waals surface area contributed by atoms with Gasteiger partial charge in [0, 0.05) is 13.2 Å². The highest BCUT2D eigenvalue weighted by Crippen LogP contribution is 2.40. The quantitative estimate of drug-likeness (QED) is 0.766. The van der Waals surface area contributed by atoms with Gasteiger partial charge < -0.3 is 14.4 Å². The molecular weight excluding hydrogens is 335 g/mol. The standard InChI is InChI=1S/C17H20F3N3O2/c1-5-24-14-9-7-6-8-13(14)23(4)15-12(17(18,19)20)10-21-16(22-15)25-11(2)3/h6-11H,5H2,1-4H3. The first-order valence-electron chi connectivity index (χ1n) is 7.80. The van der Waals surface area contributed by atoms with E-state index < -0.39 is 11.7 Å². The normalized spacial score (nSPS) is 11.5. The summed E-state index contributed by atoms with van der Waals surface area (Å²) < 4.78 is 51.0. The van der Waals surface area contributed by atoms with E-state index in [1.165, 1.54) is 11.9 Å². The molecule has 2 rings (SSSR count). The number of halogens is 3. The third kappa shape index (κ3) is 4.52. The Bertz CT molecular complexity index is 721. The molecule has 0 unspecified atom stereocenters. The summed E-state index contributed by atoms with van der Waals surface area (Å²) in [5.41, 5.74) is -0.485. The summed E-state index contributed by atoms with van der Waals surface area (Å²) in [6.07, 6.45) is -4.12. The Morgan fingerprint density at radius 3 is 2.48 bits per heavy atom. The highest BCUT2D eigenvalue weighted by Gasteiger charge is 2.37. The van der Waals surface area contributed by atoms with Crippen LogP contribution in [0.2, 0.25) is 0 Å². The number of anilines is 2. The first-order chi connectivity index (χ1) is 11.7. The number of aromatic nitrogens is 2. The third-order valence-corrected chi connectivity index (χ3v) is 3.24. The molecule has 25 heavy (non-hydrogen) atoms. The molecule has 0 saturated heterocycles. The first-order valence-corrected chi connectivity index (χ1v) is 7.80. The summed E-state index contributed by atoms with van der Waals surface area (Å²) in [5, 5.41) is 0. The maximum absolute atomic E-state index is 13.4. The number of benzene rings is 1. The zero-order valence-electron chi connectivity index (χ0n) is 14.5. The van der Waals surface area contributed by atoms with Gasteiger partial charge in [-0.2, -0.15) is 18.2 Å². The number of alkyl halides is 3. The molecule has 1 aromatic heterocycles. The Kier molecular flexibility index (Phi) is 5.71. The lowest BCUT2D eigenvalue weighted by molar-refractivity contribution is -0.137. The Balaban J connectivity index is 2.54. The Morgan fingerprint density at radius 1 is 1.20 bits per heavy atom. The fourth-order valence-electron chi connectivity index (χ4n) is 2.21. The van der Waals surface area contributed by atoms with Crippen LogP contribution in [0.3, 0.4) is 0 Å². The molecule has 2 aromatic rings. The number of ether oxygens (including phenoxy) is 2. The summed E-state index contributed by atoms with van der Waals surface area (Å²) in [7, 11) is 1.49. The largest absolute Gasteiger partial charge is 0.492 e. The van der Waals surface area contributed by atoms with E-state index in [1.54, 1.807) is 45.0 Å². The van der Waals surface area contributed by atoms with Crippen LogP contribution >= 0.6 is 0 Å². The Hall–Kier alpha value is -2.51. The topological polar surface area (TPSA) is 47.5 Å². The molecule has 0 aliphatic rings. The molecule has 0 aliphatic heterocycles. The first kappa shape index (κ1) is 18.8. The average molecular weight is 355 g/mol. The van der Waals surface area contributed by atoms with Crippen LogP contribution < -0.4 is 14.4 Å². The molecule has 8 heteroatoms. The molecule has 1 aromatic carbocycles. The number of nitrogens with zero attached hydrogens (tertiary/aromatic N) is 3. The predicted molar refractivity (Wildman–Crippen MR) is 88.5 cm³/mol. The monoisotopic (exact) mass is 355 g/mol. The van der Waals surface area contributed by atoms with Crippen molar-refractivity contribution < 1.29 is 22.6 Å². The van der Waals surface area contributed by atoms with Crippen molar-refractivity contribution >= 4 is 11.5 Å².